The number of aromatic nitrogens is 3. The van der Waals surface area contributed by atoms with E-state index in [0.717, 1.165) is 11.3 Å². The average Bonchev–Trinajstić information content (AvgIpc) is 3.19. The first kappa shape index (κ1) is 24.7. The fourth-order valence-electron chi connectivity index (χ4n) is 2.74. The fourth-order valence-corrected chi connectivity index (χ4v) is 4.17. The third kappa shape index (κ3) is 5.53. The summed E-state index contributed by atoms with van der Waals surface area (Å²) in [4.78, 5) is 41.6. The van der Waals surface area contributed by atoms with E-state index in [1.54, 1.807) is 0 Å². The second-order valence-corrected chi connectivity index (χ2v) is 8.83. The zero-order valence-electron chi connectivity index (χ0n) is 17.4. The number of hydrogen-bond donors (Lipinski definition) is 5. The van der Waals surface area contributed by atoms with Crippen molar-refractivity contribution in [1.29, 1.82) is 5.41 Å². The molecule has 18 heteroatoms. The minimum absolute atomic E-state index is 0.0346. The van der Waals surface area contributed by atoms with Gasteiger partial charge in [-0.1, -0.05) is 5.16 Å². The van der Waals surface area contributed by atoms with Crippen LogP contribution in [0, 0.1) is 5.41 Å². The summed E-state index contributed by atoms with van der Waals surface area (Å²) in [6, 6.07) is -2.23. The molecule has 0 radical (unpaired) electrons. The first-order valence-corrected chi connectivity index (χ1v) is 11.6. The van der Waals surface area contributed by atoms with Crippen molar-refractivity contribution < 1.29 is 32.1 Å². The number of carbonyl (C=O) groups is 2. The number of hydrogen-bond acceptors (Lipinski definition) is 13. The smallest absolute Gasteiger partial charge is 0.362 e. The molecule has 0 saturated carbocycles. The van der Waals surface area contributed by atoms with Crippen LogP contribution in [0.2, 0.25) is 0 Å². The van der Waals surface area contributed by atoms with E-state index < -0.39 is 34.2 Å². The molecule has 16 nitrogen and oxygen atoms in total. The molecule has 0 aromatic carbocycles. The quantitative estimate of drug-likeness (QED) is 0.0584. The Labute approximate surface area is 196 Å². The predicted octanol–water partition coefficient (Wildman–Crippen LogP) is -1.88. The Morgan fingerprint density at radius 2 is 2.09 bits per heavy atom. The van der Waals surface area contributed by atoms with Gasteiger partial charge in [-0.05, 0) is 6.92 Å². The van der Waals surface area contributed by atoms with Crippen molar-refractivity contribution in [2.24, 2.45) is 10.9 Å². The van der Waals surface area contributed by atoms with Crippen LogP contribution in [-0.2, 0) is 24.7 Å². The molecule has 182 valence electrons. The molecule has 2 atom stereocenters. The zero-order valence-corrected chi connectivity index (χ0v) is 19.0. The topological polar surface area (TPSA) is 249 Å². The van der Waals surface area contributed by atoms with Crippen molar-refractivity contribution in [3.8, 4) is 5.88 Å². The highest BCUT2D eigenvalue weighted by molar-refractivity contribution is 7.84. The molecule has 1 aliphatic heterocycles. The summed E-state index contributed by atoms with van der Waals surface area (Å²) in [6.45, 7) is 1.17. The van der Waals surface area contributed by atoms with Gasteiger partial charge in [-0.2, -0.15) is 8.42 Å². The van der Waals surface area contributed by atoms with Gasteiger partial charge >= 0.3 is 10.3 Å². The van der Waals surface area contributed by atoms with Crippen molar-refractivity contribution >= 4 is 50.1 Å². The molecule has 34 heavy (non-hydrogen) atoms. The lowest BCUT2D eigenvalue weighted by Crippen LogP contribution is -2.71. The molecule has 1 aliphatic rings. The molecule has 1 saturated heterocycles. The Kier molecular flexibility index (Phi) is 7.23. The highest BCUT2D eigenvalue weighted by Crippen LogP contribution is 2.23. The molecule has 2 amide bonds. The van der Waals surface area contributed by atoms with Crippen LogP contribution in [0.1, 0.15) is 18.3 Å². The van der Waals surface area contributed by atoms with E-state index >= 15 is 0 Å². The zero-order chi connectivity index (χ0) is 25.0. The number of oxime groups is 1. The first-order chi connectivity index (χ1) is 16.0. The van der Waals surface area contributed by atoms with Crippen molar-refractivity contribution in [3.05, 3.63) is 29.2 Å². The number of carbonyl (C=O) groups excluding carboxylic acids is 2. The molecule has 0 aliphatic carbocycles. The van der Waals surface area contributed by atoms with Gasteiger partial charge < -0.3 is 26.4 Å². The van der Waals surface area contributed by atoms with E-state index in [2.05, 4.69) is 25.4 Å². The molecule has 7 N–H and O–H groups in total. The van der Waals surface area contributed by atoms with Crippen LogP contribution in [0.3, 0.4) is 0 Å². The lowest BCUT2D eigenvalue weighted by Gasteiger charge is -2.42. The molecule has 0 unspecified atom stereocenters. The van der Waals surface area contributed by atoms with Crippen LogP contribution in [-0.4, -0.2) is 80.9 Å². The van der Waals surface area contributed by atoms with Gasteiger partial charge in [0.1, 0.15) is 29.9 Å². The third-order valence-electron chi connectivity index (χ3n) is 4.33. The van der Waals surface area contributed by atoms with Crippen molar-refractivity contribution in [2.75, 3.05) is 18.9 Å². The maximum atomic E-state index is 12.7. The predicted molar refractivity (Wildman–Crippen MR) is 117 cm³/mol. The second kappa shape index (κ2) is 9.93. The molecule has 2 aromatic rings. The standard InChI is InChI=1S/C16H19N9O7S2/c1-7-11(15(27)25(7)34(28,29)30)23-14(26)12(9-6-33-16(19)22-9)24-32-3-2-31-10-5-20-8(4-21-10)13(17)18/h4-7,11H,2-3H2,1H3,(H3,17,18)(H2,19,22)(H,23,26)(H,28,29,30)/t7-,11-/m0/s1. The summed E-state index contributed by atoms with van der Waals surface area (Å²) in [5.41, 5.74) is 10.8. The van der Waals surface area contributed by atoms with Crippen LogP contribution < -0.4 is 21.5 Å². The monoisotopic (exact) mass is 513 g/mol. The summed E-state index contributed by atoms with van der Waals surface area (Å²) in [5, 5.41) is 14.9. The summed E-state index contributed by atoms with van der Waals surface area (Å²) in [7, 11) is -4.74. The Hall–Kier alpha value is -3.90. The molecule has 3 rings (SSSR count). The highest BCUT2D eigenvalue weighted by atomic mass is 32.2. The SMILES string of the molecule is C[C@H]1[C@H](NC(=O)C(=NOCCOc2cnc(C(=N)N)cn2)c2csc(N)n2)C(=O)N1S(=O)(=O)O. The number of amidine groups is 1. The Morgan fingerprint density at radius 1 is 1.35 bits per heavy atom. The van der Waals surface area contributed by atoms with Gasteiger partial charge in [-0.25, -0.2) is 19.3 Å². The Bertz CT molecular complexity index is 1230. The lowest BCUT2D eigenvalue weighted by atomic mass is 10.0. The summed E-state index contributed by atoms with van der Waals surface area (Å²) >= 11 is 1.04. The third-order valence-corrected chi connectivity index (χ3v) is 6.02. The van der Waals surface area contributed by atoms with Crippen LogP contribution in [0.4, 0.5) is 5.13 Å². The Morgan fingerprint density at radius 3 is 2.62 bits per heavy atom. The van der Waals surface area contributed by atoms with E-state index in [-0.39, 0.29) is 51.5 Å². The van der Waals surface area contributed by atoms with Crippen LogP contribution in [0.15, 0.2) is 22.9 Å². The number of anilines is 1. The van der Waals surface area contributed by atoms with E-state index in [1.165, 1.54) is 24.7 Å². The van der Waals surface area contributed by atoms with Crippen molar-refractivity contribution in [3.63, 3.8) is 0 Å². The van der Waals surface area contributed by atoms with Crippen molar-refractivity contribution in [1.82, 2.24) is 24.6 Å². The highest BCUT2D eigenvalue weighted by Gasteiger charge is 2.51. The second-order valence-electron chi connectivity index (χ2n) is 6.65. The van der Waals surface area contributed by atoms with Gasteiger partial charge in [-0.15, -0.1) is 11.3 Å². The number of β-lactam (4-membered cyclic amide) rings is 1. The molecule has 0 bridgehead atoms. The van der Waals surface area contributed by atoms with Gasteiger partial charge in [-0.3, -0.25) is 19.6 Å². The van der Waals surface area contributed by atoms with E-state index in [1.807, 2.05) is 0 Å². The van der Waals surface area contributed by atoms with Crippen molar-refractivity contribution in [2.45, 2.75) is 19.0 Å². The number of nitrogens with one attached hydrogen (secondary N) is 2. The molecule has 1 fully saturated rings. The molecular formula is C16H19N9O7S2. The average molecular weight is 514 g/mol. The largest absolute Gasteiger partial charge is 0.473 e. The molecule has 2 aromatic heterocycles. The van der Waals surface area contributed by atoms with Crippen LogP contribution in [0.5, 0.6) is 5.88 Å². The van der Waals surface area contributed by atoms with Gasteiger partial charge in [0.25, 0.3) is 11.8 Å². The molecule has 3 heterocycles. The lowest BCUT2D eigenvalue weighted by molar-refractivity contribution is -0.143. The summed E-state index contributed by atoms with van der Waals surface area (Å²) in [5.74, 6) is -1.98. The number of nitrogens with zero attached hydrogens (tertiary/aromatic N) is 5. The minimum Gasteiger partial charge on any atom is -0.473 e. The number of amides is 2. The number of ether oxygens (including phenoxy) is 1. The number of nitrogen functional groups attached to an aromatic ring is 2. The Balaban J connectivity index is 1.61. The molecular weight excluding hydrogens is 494 g/mol. The number of thiazole rings is 1. The first-order valence-electron chi connectivity index (χ1n) is 9.31. The van der Waals surface area contributed by atoms with E-state index in [4.69, 9.17) is 31.0 Å². The van der Waals surface area contributed by atoms with Crippen LogP contribution >= 0.6 is 11.3 Å². The fraction of sp³-hybridized carbons (Fsp3) is 0.312. The number of rotatable bonds is 10. The maximum Gasteiger partial charge on any atom is 0.362 e. The molecule has 0 spiro atoms. The van der Waals surface area contributed by atoms with E-state index in [0.29, 0.717) is 0 Å². The van der Waals surface area contributed by atoms with E-state index in [9.17, 15) is 18.0 Å². The summed E-state index contributed by atoms with van der Waals surface area (Å²) < 4.78 is 37.1. The maximum absolute atomic E-state index is 12.7. The number of nitrogens with two attached hydrogens (primary N) is 2. The van der Waals surface area contributed by atoms with Gasteiger partial charge in [0.05, 0.1) is 18.4 Å². The summed E-state index contributed by atoms with van der Waals surface area (Å²) in [6.07, 6.45) is 2.53. The van der Waals surface area contributed by atoms with Gasteiger partial charge in [0.15, 0.2) is 17.5 Å². The van der Waals surface area contributed by atoms with Crippen LogP contribution in [0.25, 0.3) is 0 Å². The normalized spacial score (nSPS) is 18.2. The van der Waals surface area contributed by atoms with Gasteiger partial charge in [0.2, 0.25) is 5.88 Å². The van der Waals surface area contributed by atoms with Gasteiger partial charge in [0, 0.05) is 5.38 Å². The minimum atomic E-state index is -4.74.